The van der Waals surface area contributed by atoms with Crippen molar-refractivity contribution in [2.75, 3.05) is 32.7 Å². The number of benzene rings is 3. The molecular weight excluding hydrogens is 489 g/mol. The number of sulfone groups is 1. The molecule has 190 valence electrons. The van der Waals surface area contributed by atoms with Crippen molar-refractivity contribution in [3.05, 3.63) is 103 Å². The van der Waals surface area contributed by atoms with Gasteiger partial charge in [0.25, 0.3) is 0 Å². The monoisotopic (exact) mass is 517 g/mol. The van der Waals surface area contributed by atoms with Crippen LogP contribution in [0.1, 0.15) is 5.56 Å². The Bertz CT molecular complexity index is 1520. The summed E-state index contributed by atoms with van der Waals surface area (Å²) in [6, 6.07) is 22.1. The van der Waals surface area contributed by atoms with Gasteiger partial charge in [-0.1, -0.05) is 60.7 Å². The zero-order valence-electron chi connectivity index (χ0n) is 20.3. The molecule has 0 bridgehead atoms. The van der Waals surface area contributed by atoms with E-state index in [-0.39, 0.29) is 22.2 Å². The third-order valence-electron chi connectivity index (χ3n) is 6.67. The van der Waals surface area contributed by atoms with Crippen molar-refractivity contribution in [1.82, 2.24) is 14.4 Å². The molecule has 1 aliphatic rings. The van der Waals surface area contributed by atoms with Gasteiger partial charge in [-0.15, -0.1) is 0 Å². The lowest BCUT2D eigenvalue weighted by molar-refractivity contribution is -0.133. The van der Waals surface area contributed by atoms with E-state index in [4.69, 9.17) is 0 Å². The van der Waals surface area contributed by atoms with Gasteiger partial charge >= 0.3 is 0 Å². The van der Waals surface area contributed by atoms with Gasteiger partial charge in [0.15, 0.2) is 0 Å². The third-order valence-corrected chi connectivity index (χ3v) is 8.47. The number of carbonyl (C=O) groups is 1. The van der Waals surface area contributed by atoms with Gasteiger partial charge in [-0.3, -0.25) is 9.69 Å². The van der Waals surface area contributed by atoms with E-state index in [9.17, 15) is 17.6 Å². The largest absolute Gasteiger partial charge is 0.339 e. The Hall–Kier alpha value is -3.75. The number of carbonyl (C=O) groups excluding carboxylic acids is 1. The second-order valence-corrected chi connectivity index (χ2v) is 11.0. The highest BCUT2D eigenvalue weighted by Crippen LogP contribution is 2.30. The number of amides is 1. The van der Waals surface area contributed by atoms with Crippen LogP contribution in [0.15, 0.2) is 101 Å². The van der Waals surface area contributed by atoms with Crippen LogP contribution in [-0.2, 0) is 21.2 Å². The maximum absolute atomic E-state index is 13.4. The van der Waals surface area contributed by atoms with Crippen LogP contribution in [0, 0.1) is 5.82 Å². The Morgan fingerprint density at radius 1 is 0.865 bits per heavy atom. The van der Waals surface area contributed by atoms with Gasteiger partial charge in [0.05, 0.1) is 9.79 Å². The molecule has 3 aromatic carbocycles. The molecule has 4 aromatic rings. The van der Waals surface area contributed by atoms with Gasteiger partial charge in [0.1, 0.15) is 12.4 Å². The standard InChI is InChI=1S/C29H28FN3O3S/c30-24-12-14-25(15-13-24)37(35,36)28-21-33(27-11-5-4-10-26(27)28)22-29(34)32-19-17-31(18-20-32)16-6-9-23-7-2-1-3-8-23/h1-15,21H,16-20,22H2/b9-6+. The van der Waals surface area contributed by atoms with Crippen LogP contribution < -0.4 is 0 Å². The first-order valence-electron chi connectivity index (χ1n) is 12.2. The number of para-hydroxylation sites is 1. The summed E-state index contributed by atoms with van der Waals surface area (Å²) in [6.45, 7) is 3.68. The molecule has 0 spiro atoms. The number of nitrogens with zero attached hydrogens (tertiary/aromatic N) is 3. The summed E-state index contributed by atoms with van der Waals surface area (Å²) >= 11 is 0. The maximum atomic E-state index is 13.4. The van der Waals surface area contributed by atoms with E-state index >= 15 is 0 Å². The molecule has 37 heavy (non-hydrogen) atoms. The van der Waals surface area contributed by atoms with Gasteiger partial charge in [-0.05, 0) is 35.9 Å². The van der Waals surface area contributed by atoms with E-state index in [2.05, 4.69) is 29.2 Å². The first-order valence-corrected chi connectivity index (χ1v) is 13.7. The Kier molecular flexibility index (Phi) is 7.21. The Morgan fingerprint density at radius 3 is 2.27 bits per heavy atom. The molecule has 8 heteroatoms. The van der Waals surface area contributed by atoms with Crippen molar-refractivity contribution in [3.8, 4) is 0 Å². The van der Waals surface area contributed by atoms with Gasteiger partial charge in [0, 0.05) is 49.8 Å². The van der Waals surface area contributed by atoms with Crippen molar-refractivity contribution in [3.63, 3.8) is 0 Å². The van der Waals surface area contributed by atoms with Crippen LogP contribution in [0.4, 0.5) is 4.39 Å². The van der Waals surface area contributed by atoms with Gasteiger partial charge < -0.3 is 9.47 Å². The zero-order valence-corrected chi connectivity index (χ0v) is 21.1. The normalized spacial score (nSPS) is 15.0. The Labute approximate surface area is 216 Å². The van der Waals surface area contributed by atoms with Crippen LogP contribution in [0.25, 0.3) is 17.0 Å². The summed E-state index contributed by atoms with van der Waals surface area (Å²) in [5.74, 6) is -0.551. The lowest BCUT2D eigenvalue weighted by Gasteiger charge is -2.34. The summed E-state index contributed by atoms with van der Waals surface area (Å²) in [5, 5.41) is 0.537. The molecular formula is C29H28FN3O3S. The summed E-state index contributed by atoms with van der Waals surface area (Å²) in [6.07, 6.45) is 5.76. The number of fused-ring (bicyclic) bond motifs is 1. The second kappa shape index (κ2) is 10.7. The fraction of sp³-hybridized carbons (Fsp3) is 0.207. The Balaban J connectivity index is 1.27. The van der Waals surface area contributed by atoms with Gasteiger partial charge in [0.2, 0.25) is 15.7 Å². The average Bonchev–Trinajstić information content (AvgIpc) is 3.29. The SMILES string of the molecule is O=C(Cn1cc(S(=O)(=O)c2ccc(F)cc2)c2ccccc21)N1CCN(C/C=C/c2ccccc2)CC1. The highest BCUT2D eigenvalue weighted by atomic mass is 32.2. The summed E-state index contributed by atoms with van der Waals surface area (Å²) in [5.41, 5.74) is 1.83. The van der Waals surface area contributed by atoms with Crippen LogP contribution in [0.3, 0.4) is 0 Å². The molecule has 0 radical (unpaired) electrons. The smallest absolute Gasteiger partial charge is 0.242 e. The summed E-state index contributed by atoms with van der Waals surface area (Å²) < 4.78 is 41.7. The molecule has 0 atom stereocenters. The number of rotatable bonds is 7. The van der Waals surface area contributed by atoms with Crippen molar-refractivity contribution < 1.29 is 17.6 Å². The fourth-order valence-corrected chi connectivity index (χ4v) is 6.10. The number of aromatic nitrogens is 1. The number of halogens is 1. The van der Waals surface area contributed by atoms with E-state index in [1.807, 2.05) is 35.2 Å². The molecule has 0 unspecified atom stereocenters. The van der Waals surface area contributed by atoms with E-state index in [1.54, 1.807) is 16.7 Å². The van der Waals surface area contributed by atoms with E-state index in [0.717, 1.165) is 37.3 Å². The summed E-state index contributed by atoms with van der Waals surface area (Å²) in [4.78, 5) is 17.4. The lowest BCUT2D eigenvalue weighted by atomic mass is 10.2. The molecule has 1 aliphatic heterocycles. The fourth-order valence-electron chi connectivity index (χ4n) is 4.63. The highest BCUT2D eigenvalue weighted by Gasteiger charge is 2.26. The van der Waals surface area contributed by atoms with Crippen molar-refractivity contribution >= 4 is 32.7 Å². The van der Waals surface area contributed by atoms with E-state index < -0.39 is 15.7 Å². The predicted octanol–water partition coefficient (Wildman–Crippen LogP) is 4.47. The third kappa shape index (κ3) is 5.50. The molecule has 1 saturated heterocycles. The van der Waals surface area contributed by atoms with Crippen molar-refractivity contribution in [1.29, 1.82) is 0 Å². The second-order valence-electron chi connectivity index (χ2n) is 9.09. The molecule has 0 N–H and O–H groups in total. The minimum atomic E-state index is -3.88. The topological polar surface area (TPSA) is 62.6 Å². The quantitative estimate of drug-likeness (QED) is 0.340. The molecule has 1 amide bonds. The first-order chi connectivity index (χ1) is 17.9. The van der Waals surface area contributed by atoms with E-state index in [1.165, 1.54) is 18.3 Å². The molecule has 2 heterocycles. The minimum Gasteiger partial charge on any atom is -0.339 e. The molecule has 1 aromatic heterocycles. The molecule has 0 aliphatic carbocycles. The number of hydrogen-bond donors (Lipinski definition) is 0. The average molecular weight is 518 g/mol. The van der Waals surface area contributed by atoms with E-state index in [0.29, 0.717) is 24.0 Å². The van der Waals surface area contributed by atoms with Crippen molar-refractivity contribution in [2.45, 2.75) is 16.3 Å². The zero-order chi connectivity index (χ0) is 25.8. The predicted molar refractivity (Wildman–Crippen MR) is 142 cm³/mol. The van der Waals surface area contributed by atoms with Crippen LogP contribution in [0.5, 0.6) is 0 Å². The van der Waals surface area contributed by atoms with Crippen LogP contribution in [-0.4, -0.2) is 61.4 Å². The van der Waals surface area contributed by atoms with Crippen LogP contribution in [0.2, 0.25) is 0 Å². The number of piperazine rings is 1. The molecule has 1 fully saturated rings. The number of hydrogen-bond acceptors (Lipinski definition) is 4. The molecule has 0 saturated carbocycles. The highest BCUT2D eigenvalue weighted by molar-refractivity contribution is 7.91. The molecule has 6 nitrogen and oxygen atoms in total. The molecule has 5 rings (SSSR count). The van der Waals surface area contributed by atoms with Gasteiger partial charge in [-0.2, -0.15) is 0 Å². The first kappa shape index (κ1) is 24.9. The minimum absolute atomic E-state index is 0.0144. The summed E-state index contributed by atoms with van der Waals surface area (Å²) in [7, 11) is -3.88. The van der Waals surface area contributed by atoms with Crippen LogP contribution >= 0.6 is 0 Å². The maximum Gasteiger partial charge on any atom is 0.242 e. The van der Waals surface area contributed by atoms with Crippen molar-refractivity contribution in [2.24, 2.45) is 0 Å². The lowest BCUT2D eigenvalue weighted by Crippen LogP contribution is -2.49. The van der Waals surface area contributed by atoms with Gasteiger partial charge in [-0.25, -0.2) is 12.8 Å². The Morgan fingerprint density at radius 2 is 1.54 bits per heavy atom.